The molecule has 0 amide bonds. The summed E-state index contributed by atoms with van der Waals surface area (Å²) in [6.07, 6.45) is 0.510. The molecule has 0 aromatic heterocycles. The van der Waals surface area contributed by atoms with Crippen molar-refractivity contribution < 1.29 is 0 Å². The monoisotopic (exact) mass is 202 g/mol. The van der Waals surface area contributed by atoms with Crippen molar-refractivity contribution in [3.8, 4) is 0 Å². The second-order valence-corrected chi connectivity index (χ2v) is 5.92. The zero-order valence-corrected chi connectivity index (χ0v) is 9.10. The Labute approximate surface area is 83.1 Å². The van der Waals surface area contributed by atoms with E-state index in [0.717, 1.165) is 23.2 Å². The van der Waals surface area contributed by atoms with Crippen LogP contribution >= 0.6 is 24.0 Å². The van der Waals surface area contributed by atoms with Crippen LogP contribution in [-0.4, -0.2) is 34.2 Å². The predicted molar refractivity (Wildman–Crippen MR) is 57.3 cm³/mol. The van der Waals surface area contributed by atoms with Gasteiger partial charge in [-0.1, -0.05) is 37.8 Å². The first kappa shape index (κ1) is 8.78. The summed E-state index contributed by atoms with van der Waals surface area (Å²) >= 11 is 7.07. The number of rotatable bonds is 0. The Balaban J connectivity index is 2.11. The second-order valence-electron chi connectivity index (χ2n) is 4.27. The highest BCUT2D eigenvalue weighted by molar-refractivity contribution is 8.23. The molecule has 12 heavy (non-hydrogen) atoms. The summed E-state index contributed by atoms with van der Waals surface area (Å²) in [5.41, 5.74) is 0.367. The average molecular weight is 202 g/mol. The van der Waals surface area contributed by atoms with Gasteiger partial charge in [0, 0.05) is 18.8 Å². The van der Waals surface area contributed by atoms with Crippen LogP contribution in [0.5, 0.6) is 0 Å². The number of hydrogen-bond acceptors (Lipinski definition) is 3. The summed E-state index contributed by atoms with van der Waals surface area (Å²) in [4.78, 5) is 2.32. The molecule has 0 bridgehead atoms. The van der Waals surface area contributed by atoms with Gasteiger partial charge in [0.2, 0.25) is 0 Å². The molecule has 0 aromatic carbocycles. The maximum atomic E-state index is 5.27. The fourth-order valence-corrected chi connectivity index (χ4v) is 3.06. The molecule has 2 aliphatic heterocycles. The zero-order chi connectivity index (χ0) is 8.77. The first-order chi connectivity index (χ1) is 5.58. The molecule has 1 N–H and O–H groups in total. The molecule has 0 saturated carbocycles. The molecular formula is C8H14N2S2. The van der Waals surface area contributed by atoms with E-state index < -0.39 is 0 Å². The van der Waals surface area contributed by atoms with Crippen LogP contribution in [0.25, 0.3) is 0 Å². The van der Waals surface area contributed by atoms with Gasteiger partial charge in [-0.05, 0) is 5.41 Å². The number of thioether (sulfide) groups is 1. The standard InChI is InChI=1S/C8H14N2S2/c1-8(2)4-9-6-3-12-7(11)10(6)5-8/h6,9H,3-5H2,1-2H3/t6-/m1/s1. The van der Waals surface area contributed by atoms with Gasteiger partial charge in [0.25, 0.3) is 0 Å². The van der Waals surface area contributed by atoms with Crippen molar-refractivity contribution in [2.24, 2.45) is 5.41 Å². The molecule has 2 saturated heterocycles. The fraction of sp³-hybridized carbons (Fsp3) is 0.875. The highest BCUT2D eigenvalue weighted by atomic mass is 32.2. The summed E-state index contributed by atoms with van der Waals surface area (Å²) in [6, 6.07) is 0. The normalized spacial score (nSPS) is 33.7. The highest BCUT2D eigenvalue weighted by Gasteiger charge is 2.37. The van der Waals surface area contributed by atoms with E-state index in [1.54, 1.807) is 11.8 Å². The summed E-state index contributed by atoms with van der Waals surface area (Å²) in [6.45, 7) is 6.78. The Bertz CT molecular complexity index is 215. The fourth-order valence-electron chi connectivity index (χ4n) is 1.71. The first-order valence-corrected chi connectivity index (χ1v) is 5.65. The lowest BCUT2D eigenvalue weighted by Crippen LogP contribution is -2.57. The summed E-state index contributed by atoms with van der Waals surface area (Å²) in [7, 11) is 0. The van der Waals surface area contributed by atoms with Gasteiger partial charge >= 0.3 is 0 Å². The summed E-state index contributed by atoms with van der Waals surface area (Å²) < 4.78 is 1.07. The minimum atomic E-state index is 0.367. The first-order valence-electron chi connectivity index (χ1n) is 4.25. The van der Waals surface area contributed by atoms with Crippen LogP contribution in [0.3, 0.4) is 0 Å². The van der Waals surface area contributed by atoms with Gasteiger partial charge in [0.05, 0.1) is 6.17 Å². The zero-order valence-electron chi connectivity index (χ0n) is 7.46. The smallest absolute Gasteiger partial charge is 0.137 e. The molecule has 2 aliphatic rings. The van der Waals surface area contributed by atoms with Crippen molar-refractivity contribution in [1.29, 1.82) is 0 Å². The highest BCUT2D eigenvalue weighted by Crippen LogP contribution is 2.30. The minimum absolute atomic E-state index is 0.367. The molecular weight excluding hydrogens is 188 g/mol. The molecule has 2 heterocycles. The molecule has 0 unspecified atom stereocenters. The van der Waals surface area contributed by atoms with Crippen molar-refractivity contribution in [3.63, 3.8) is 0 Å². The topological polar surface area (TPSA) is 15.3 Å². The van der Waals surface area contributed by atoms with E-state index in [4.69, 9.17) is 12.2 Å². The Kier molecular flexibility index (Phi) is 2.09. The van der Waals surface area contributed by atoms with E-state index in [2.05, 4.69) is 24.1 Å². The number of thiocarbonyl (C=S) groups is 1. The Morgan fingerprint density at radius 2 is 2.42 bits per heavy atom. The third-order valence-corrected chi connectivity index (χ3v) is 3.94. The van der Waals surface area contributed by atoms with Gasteiger partial charge in [-0.15, -0.1) is 0 Å². The Morgan fingerprint density at radius 1 is 1.67 bits per heavy atom. The molecule has 4 heteroatoms. The van der Waals surface area contributed by atoms with Gasteiger partial charge in [0.1, 0.15) is 4.32 Å². The van der Waals surface area contributed by atoms with Gasteiger partial charge in [-0.3, -0.25) is 5.32 Å². The van der Waals surface area contributed by atoms with Crippen LogP contribution in [0.1, 0.15) is 13.8 Å². The molecule has 0 aromatic rings. The minimum Gasteiger partial charge on any atom is -0.341 e. The Hall–Kier alpha value is 0.200. The van der Waals surface area contributed by atoms with Gasteiger partial charge in [-0.2, -0.15) is 0 Å². The van der Waals surface area contributed by atoms with E-state index in [0.29, 0.717) is 11.6 Å². The van der Waals surface area contributed by atoms with Gasteiger partial charge < -0.3 is 4.90 Å². The summed E-state index contributed by atoms with van der Waals surface area (Å²) in [5, 5.41) is 3.52. The molecule has 1 atom stereocenters. The van der Waals surface area contributed by atoms with Crippen molar-refractivity contribution in [2.75, 3.05) is 18.8 Å². The number of nitrogens with one attached hydrogen (secondary N) is 1. The quantitative estimate of drug-likeness (QED) is 0.595. The van der Waals surface area contributed by atoms with E-state index >= 15 is 0 Å². The van der Waals surface area contributed by atoms with Crippen LogP contribution in [-0.2, 0) is 0 Å². The number of fused-ring (bicyclic) bond motifs is 1. The lowest BCUT2D eigenvalue weighted by atomic mass is 9.90. The molecule has 68 valence electrons. The van der Waals surface area contributed by atoms with E-state index in [1.807, 2.05) is 0 Å². The van der Waals surface area contributed by atoms with Crippen LogP contribution in [0.4, 0.5) is 0 Å². The molecule has 0 radical (unpaired) electrons. The Morgan fingerprint density at radius 3 is 3.17 bits per heavy atom. The maximum absolute atomic E-state index is 5.27. The van der Waals surface area contributed by atoms with Crippen LogP contribution in [0.15, 0.2) is 0 Å². The lowest BCUT2D eigenvalue weighted by Gasteiger charge is -2.41. The number of nitrogens with zero attached hydrogens (tertiary/aromatic N) is 1. The SMILES string of the molecule is CC1(C)CN[C@H]2CSC(=S)N2C1. The second kappa shape index (κ2) is 2.86. The molecule has 0 spiro atoms. The third-order valence-electron chi connectivity index (χ3n) is 2.39. The van der Waals surface area contributed by atoms with Crippen LogP contribution < -0.4 is 5.32 Å². The largest absolute Gasteiger partial charge is 0.341 e. The molecule has 2 fully saturated rings. The average Bonchev–Trinajstić information content (AvgIpc) is 2.31. The van der Waals surface area contributed by atoms with E-state index in [-0.39, 0.29) is 0 Å². The number of hydrogen-bond donors (Lipinski definition) is 1. The third kappa shape index (κ3) is 1.47. The predicted octanol–water partition coefficient (Wildman–Crippen LogP) is 1.28. The van der Waals surface area contributed by atoms with Crippen molar-refractivity contribution >= 4 is 28.3 Å². The van der Waals surface area contributed by atoms with Crippen molar-refractivity contribution in [3.05, 3.63) is 0 Å². The van der Waals surface area contributed by atoms with E-state index in [9.17, 15) is 0 Å². The summed E-state index contributed by atoms with van der Waals surface area (Å²) in [5.74, 6) is 1.12. The van der Waals surface area contributed by atoms with Crippen molar-refractivity contribution in [2.45, 2.75) is 20.0 Å². The van der Waals surface area contributed by atoms with Crippen LogP contribution in [0, 0.1) is 5.41 Å². The molecule has 2 nitrogen and oxygen atoms in total. The van der Waals surface area contributed by atoms with Crippen LogP contribution in [0.2, 0.25) is 0 Å². The van der Waals surface area contributed by atoms with Gasteiger partial charge in [-0.25, -0.2) is 0 Å². The van der Waals surface area contributed by atoms with E-state index in [1.165, 1.54) is 0 Å². The maximum Gasteiger partial charge on any atom is 0.137 e. The molecule has 2 rings (SSSR count). The lowest BCUT2D eigenvalue weighted by molar-refractivity contribution is 0.138. The van der Waals surface area contributed by atoms with Gasteiger partial charge in [0.15, 0.2) is 0 Å². The van der Waals surface area contributed by atoms with Crippen molar-refractivity contribution in [1.82, 2.24) is 10.2 Å². The molecule has 0 aliphatic carbocycles.